The van der Waals surface area contributed by atoms with Gasteiger partial charge < -0.3 is 43.2 Å². The lowest BCUT2D eigenvalue weighted by Gasteiger charge is -2.42. The third kappa shape index (κ3) is 16.9. The van der Waals surface area contributed by atoms with Crippen molar-refractivity contribution in [3.05, 3.63) is 41.8 Å². The van der Waals surface area contributed by atoms with Gasteiger partial charge in [-0.15, -0.1) is 5.10 Å². The molecule has 1 amide bonds. The third-order valence-electron chi connectivity index (χ3n) is 18.0. The van der Waals surface area contributed by atoms with Crippen LogP contribution in [0, 0.1) is 41.4 Å². The number of aromatic nitrogens is 4. The largest absolute Gasteiger partial charge is 0.460 e. The van der Waals surface area contributed by atoms with Gasteiger partial charge in [0.25, 0.3) is 11.7 Å². The number of ether oxygens (including phenoxy) is 5. The molecule has 0 aromatic carbocycles. The molecular formula is C59H97N5O13Si. The van der Waals surface area contributed by atoms with Gasteiger partial charge in [-0.1, -0.05) is 79.7 Å². The van der Waals surface area contributed by atoms with Crippen molar-refractivity contribution in [2.24, 2.45) is 41.4 Å². The maximum absolute atomic E-state index is 14.8. The van der Waals surface area contributed by atoms with Gasteiger partial charge in [0, 0.05) is 70.9 Å². The highest BCUT2D eigenvalue weighted by Crippen LogP contribution is 2.39. The second-order valence-corrected chi connectivity index (χ2v) is 28.3. The van der Waals surface area contributed by atoms with E-state index in [2.05, 4.69) is 36.3 Å². The van der Waals surface area contributed by atoms with Gasteiger partial charge in [0.15, 0.2) is 14.1 Å². The Hall–Kier alpha value is -3.82. The van der Waals surface area contributed by atoms with E-state index >= 15 is 0 Å². The first kappa shape index (κ1) is 65.0. The van der Waals surface area contributed by atoms with E-state index < -0.39 is 92.2 Å². The number of cyclic esters (lactones) is 1. The number of rotatable bonds is 13. The molecule has 2 saturated heterocycles. The van der Waals surface area contributed by atoms with Crippen LogP contribution in [0.4, 0.5) is 0 Å². The van der Waals surface area contributed by atoms with Gasteiger partial charge in [0.2, 0.25) is 5.79 Å². The summed E-state index contributed by atoms with van der Waals surface area (Å²) in [7, 11) is 2.41. The van der Waals surface area contributed by atoms with Gasteiger partial charge in [0.05, 0.1) is 30.5 Å². The van der Waals surface area contributed by atoms with E-state index in [4.69, 9.17) is 28.1 Å². The minimum atomic E-state index is -2.47. The third-order valence-corrected chi connectivity index (χ3v) is 22.6. The second kappa shape index (κ2) is 30.3. The Morgan fingerprint density at radius 2 is 1.58 bits per heavy atom. The number of carbonyl (C=O) groups excluding carboxylic acids is 5. The Morgan fingerprint density at radius 1 is 0.859 bits per heavy atom. The highest BCUT2D eigenvalue weighted by molar-refractivity contribution is 6.73. The van der Waals surface area contributed by atoms with E-state index in [1.54, 1.807) is 38.2 Å². The molecule has 2 unspecified atom stereocenters. The number of tetrazole rings is 1. The highest BCUT2D eigenvalue weighted by Gasteiger charge is 2.53. The molecule has 4 heterocycles. The fraction of sp³-hybridized carbons (Fsp3) is 0.797. The Labute approximate surface area is 466 Å². The van der Waals surface area contributed by atoms with Crippen LogP contribution in [0.1, 0.15) is 153 Å². The lowest BCUT2D eigenvalue weighted by atomic mass is 9.75. The molecule has 3 fully saturated rings. The highest BCUT2D eigenvalue weighted by atomic mass is 28.4. The number of hydrogen-bond donors (Lipinski definition) is 2. The summed E-state index contributed by atoms with van der Waals surface area (Å²) in [6, 6.07) is 1.34. The Balaban J connectivity index is 1.53. The summed E-state index contributed by atoms with van der Waals surface area (Å²) in [4.78, 5) is 74.4. The Kier molecular flexibility index (Phi) is 25.2. The van der Waals surface area contributed by atoms with Crippen LogP contribution in [0.25, 0.3) is 0 Å². The first-order valence-corrected chi connectivity index (χ1v) is 31.8. The number of allylic oxidation sites excluding steroid dienone is 2. The standard InChI is InChI=1S/C59H97N5O13Si/c1-14-78(15-2,16-3)77-54-42(9)29-38(5)49(66)34-51(39(6)30-44-24-25-45(52(32-44)73-12)35-63-36-60-61-62-63)75-58(70)48-22-17-18-27-64(48)57(69)56(68)59(71)43(10)23-26-47(76-59)33-50(72-11)40(7)31-46(65)21-19-20-37(4)28-41(8)53(67)55(54)74-13/h19-20,29,31,36-39,41,43-48,50-52,54-55,65,71H,14-18,21-28,30,32-35H2,1-13H3/b20-19+,40-31+,42-29+/t37-,38-,39-,41-,43-,44+,45?,46?,47+,48+,50+,51+,52-,54-,55+,59-/m1/s1. The molecular weight excluding hydrogens is 1010 g/mol. The van der Waals surface area contributed by atoms with Crippen molar-refractivity contribution in [2.75, 3.05) is 27.9 Å². The van der Waals surface area contributed by atoms with E-state index in [-0.39, 0.29) is 67.1 Å². The van der Waals surface area contributed by atoms with Gasteiger partial charge in [-0.2, -0.15) is 0 Å². The second-order valence-electron chi connectivity index (χ2n) is 23.6. The fourth-order valence-electron chi connectivity index (χ4n) is 12.6. The molecule has 2 N–H and O–H groups in total. The molecule has 78 heavy (non-hydrogen) atoms. The summed E-state index contributed by atoms with van der Waals surface area (Å²) in [5.74, 6) is -7.43. The van der Waals surface area contributed by atoms with Crippen molar-refractivity contribution in [1.82, 2.24) is 25.1 Å². The van der Waals surface area contributed by atoms with Crippen LogP contribution in [0.15, 0.2) is 41.8 Å². The molecule has 3 aliphatic heterocycles. The van der Waals surface area contributed by atoms with E-state index in [0.29, 0.717) is 57.1 Å². The Bertz CT molecular complexity index is 2200. The first-order chi connectivity index (χ1) is 37.1. The maximum Gasteiger partial charge on any atom is 0.329 e. The zero-order valence-corrected chi connectivity index (χ0v) is 50.4. The number of hydrogen-bond acceptors (Lipinski definition) is 16. The van der Waals surface area contributed by atoms with Crippen molar-refractivity contribution in [2.45, 2.75) is 232 Å². The number of esters is 1. The zero-order chi connectivity index (χ0) is 57.5. The molecule has 19 heteroatoms. The number of nitrogens with zero attached hydrogens (tertiary/aromatic N) is 5. The lowest BCUT2D eigenvalue weighted by Crippen LogP contribution is -2.61. The van der Waals surface area contributed by atoms with Crippen LogP contribution in [0.5, 0.6) is 0 Å². The summed E-state index contributed by atoms with van der Waals surface area (Å²) in [6.45, 7) is 20.3. The predicted molar refractivity (Wildman–Crippen MR) is 298 cm³/mol. The number of aliphatic hydroxyl groups is 2. The summed E-state index contributed by atoms with van der Waals surface area (Å²) < 4.78 is 39.6. The minimum absolute atomic E-state index is 0.0190. The van der Waals surface area contributed by atoms with Crippen LogP contribution in [-0.2, 0) is 58.6 Å². The van der Waals surface area contributed by atoms with E-state index in [9.17, 15) is 34.2 Å². The van der Waals surface area contributed by atoms with E-state index in [1.807, 2.05) is 59.8 Å². The topological polar surface area (TPSA) is 228 Å². The van der Waals surface area contributed by atoms with Crippen molar-refractivity contribution < 1.29 is 62.3 Å². The number of methoxy groups -OCH3 is 3. The molecule has 18 nitrogen and oxygen atoms in total. The molecule has 16 atom stereocenters. The first-order valence-electron chi connectivity index (χ1n) is 29.3. The van der Waals surface area contributed by atoms with Crippen molar-refractivity contribution in [3.63, 3.8) is 0 Å². The summed E-state index contributed by atoms with van der Waals surface area (Å²) in [5.41, 5.74) is 1.44. The quantitative estimate of drug-likeness (QED) is 0.0818. The maximum atomic E-state index is 14.8. The fourth-order valence-corrected chi connectivity index (χ4v) is 15.5. The molecule has 1 saturated carbocycles. The normalized spacial score (nSPS) is 36.7. The number of carbonyl (C=O) groups is 5. The van der Waals surface area contributed by atoms with Crippen LogP contribution in [0.2, 0.25) is 18.1 Å². The average Bonchev–Trinajstić information content (AvgIpc) is 3.98. The molecule has 5 rings (SSSR count). The molecule has 1 aromatic rings. The van der Waals surface area contributed by atoms with Gasteiger partial charge >= 0.3 is 5.97 Å². The number of piperidine rings is 1. The molecule has 440 valence electrons. The minimum Gasteiger partial charge on any atom is -0.460 e. The van der Waals surface area contributed by atoms with Crippen LogP contribution < -0.4 is 0 Å². The van der Waals surface area contributed by atoms with Crippen LogP contribution in [0.3, 0.4) is 0 Å². The smallest absolute Gasteiger partial charge is 0.329 e. The average molecular weight is 1110 g/mol. The summed E-state index contributed by atoms with van der Waals surface area (Å²) >= 11 is 0. The van der Waals surface area contributed by atoms with E-state index in [1.165, 1.54) is 12.0 Å². The van der Waals surface area contributed by atoms with Crippen LogP contribution in [-0.4, -0.2) is 155 Å². The van der Waals surface area contributed by atoms with Gasteiger partial charge in [-0.05, 0) is 142 Å². The SMILES string of the molecule is CC[Si](CC)(CC)O[C@@H]1/C(C)=C/[C@@H](C)C(=O)C[C@@H]([C@H](C)C[C@@H]2CCC(Cn3cnnn3)[C@H](OC)C2)OC(=O)[C@@H]2CCCCN2C(=O)C(=O)[C@]2(O)O[C@@H](CC[C@H]2C)C[C@H](OC)/C(C)=C/C(O)C/C=C/[C@@H](C)C[C@@H](C)C(=O)[C@@H]1OC. The number of Topliss-reactive ketones (excluding diaryl/α,β-unsaturated/α-hetero) is 3. The molecule has 0 spiro atoms. The predicted octanol–water partition coefficient (Wildman–Crippen LogP) is 8.35. The van der Waals surface area contributed by atoms with Crippen molar-refractivity contribution >= 4 is 37.5 Å². The van der Waals surface area contributed by atoms with Crippen molar-refractivity contribution in [3.8, 4) is 0 Å². The molecule has 2 bridgehead atoms. The lowest BCUT2D eigenvalue weighted by molar-refractivity contribution is -0.265. The number of aliphatic hydroxyl groups excluding tert-OH is 1. The summed E-state index contributed by atoms with van der Waals surface area (Å²) in [6.07, 6.45) is 10.6. The van der Waals surface area contributed by atoms with E-state index in [0.717, 1.165) is 43.0 Å². The molecule has 1 aliphatic carbocycles. The molecule has 4 aliphatic rings. The zero-order valence-electron chi connectivity index (χ0n) is 49.4. The summed E-state index contributed by atoms with van der Waals surface area (Å²) in [5, 5.41) is 34.9. The Morgan fingerprint density at radius 3 is 2.22 bits per heavy atom. The van der Waals surface area contributed by atoms with Gasteiger partial charge in [-0.3, -0.25) is 19.2 Å². The number of fused-ring (bicyclic) bond motifs is 3. The number of ketones is 3. The van der Waals surface area contributed by atoms with Gasteiger partial charge in [-0.25, -0.2) is 9.48 Å². The molecule has 0 radical (unpaired) electrons. The monoisotopic (exact) mass is 1110 g/mol. The van der Waals surface area contributed by atoms with Crippen LogP contribution >= 0.6 is 0 Å². The van der Waals surface area contributed by atoms with Crippen molar-refractivity contribution in [1.29, 1.82) is 0 Å². The molecule has 1 aromatic heterocycles. The van der Waals surface area contributed by atoms with Gasteiger partial charge in [0.1, 0.15) is 30.4 Å². The number of amides is 1.